The van der Waals surface area contributed by atoms with Gasteiger partial charge in [0, 0.05) is 20.2 Å². The van der Waals surface area contributed by atoms with Crippen LogP contribution < -0.4 is 5.32 Å². The lowest BCUT2D eigenvalue weighted by Crippen LogP contribution is -2.47. The van der Waals surface area contributed by atoms with Gasteiger partial charge in [-0.1, -0.05) is 12.2 Å². The molecule has 0 bridgehead atoms. The summed E-state index contributed by atoms with van der Waals surface area (Å²) in [7, 11) is 1.79. The number of carbonyl (C=O) groups is 3. The number of hydrogen-bond donors (Lipinski definition) is 1. The molecule has 1 N–H and O–H groups in total. The minimum absolute atomic E-state index is 0.0410. The van der Waals surface area contributed by atoms with E-state index in [1.165, 1.54) is 0 Å². The van der Waals surface area contributed by atoms with E-state index < -0.39 is 23.8 Å². The summed E-state index contributed by atoms with van der Waals surface area (Å²) in [6.07, 6.45) is 8.78. The largest absolute Gasteiger partial charge is 0.464 e. The Bertz CT molecular complexity index is 623. The number of ether oxygens (including phenoxy) is 3. The number of nitrogens with zero attached hydrogens (tertiary/aromatic N) is 1. The molecule has 1 heterocycles. The molecule has 31 heavy (non-hydrogen) atoms. The Balaban J connectivity index is 2.19. The van der Waals surface area contributed by atoms with E-state index in [4.69, 9.17) is 14.2 Å². The summed E-state index contributed by atoms with van der Waals surface area (Å²) in [6, 6.07) is -0.723. The number of fused-ring (bicyclic) bond motifs is 1. The van der Waals surface area contributed by atoms with Crippen LogP contribution in [0.5, 0.6) is 0 Å². The highest BCUT2D eigenvalue weighted by Gasteiger charge is 2.45. The Kier molecular flexibility index (Phi) is 11.0. The minimum atomic E-state index is -0.723. The van der Waals surface area contributed by atoms with Gasteiger partial charge in [-0.2, -0.15) is 0 Å². The normalized spacial score (nSPS) is 28.4. The highest BCUT2D eigenvalue weighted by Crippen LogP contribution is 2.35. The van der Waals surface area contributed by atoms with E-state index in [0.29, 0.717) is 38.8 Å². The molecule has 1 aliphatic heterocycles. The fourth-order valence-corrected chi connectivity index (χ4v) is 4.19. The predicted octanol–water partition coefficient (Wildman–Crippen LogP) is 2.42. The summed E-state index contributed by atoms with van der Waals surface area (Å²) in [6.45, 7) is 5.22. The predicted molar refractivity (Wildman–Crippen MR) is 116 cm³/mol. The Hall–Kier alpha value is -1.93. The van der Waals surface area contributed by atoms with Crippen LogP contribution in [0.3, 0.4) is 0 Å². The summed E-state index contributed by atoms with van der Waals surface area (Å²) in [5, 5.41) is 2.86. The van der Waals surface area contributed by atoms with Gasteiger partial charge in [0.25, 0.3) is 0 Å². The van der Waals surface area contributed by atoms with Gasteiger partial charge in [0.15, 0.2) is 0 Å². The number of rotatable bonds is 6. The number of nitrogens with one attached hydrogen (secondary N) is 1. The number of carbonyl (C=O) groups excluding carboxylic acids is 3. The van der Waals surface area contributed by atoms with Crippen molar-refractivity contribution in [3.8, 4) is 0 Å². The maximum Gasteiger partial charge on any atom is 0.328 e. The second kappa shape index (κ2) is 13.5. The number of allylic oxidation sites excluding steroid dienone is 2. The van der Waals surface area contributed by atoms with Gasteiger partial charge in [-0.3, -0.25) is 9.59 Å². The highest BCUT2D eigenvalue weighted by molar-refractivity contribution is 5.91. The molecule has 0 radical (unpaired) electrons. The zero-order valence-corrected chi connectivity index (χ0v) is 19.1. The average molecular weight is 439 g/mol. The van der Waals surface area contributed by atoms with Gasteiger partial charge in [-0.25, -0.2) is 4.79 Å². The van der Waals surface area contributed by atoms with Crippen LogP contribution in [0.1, 0.15) is 58.8 Å². The molecule has 0 aromatic rings. The van der Waals surface area contributed by atoms with Crippen LogP contribution in [0.4, 0.5) is 0 Å². The summed E-state index contributed by atoms with van der Waals surface area (Å²) in [5.41, 5.74) is 0. The summed E-state index contributed by atoms with van der Waals surface area (Å²) < 4.78 is 16.2. The smallest absolute Gasteiger partial charge is 0.328 e. The van der Waals surface area contributed by atoms with Crippen LogP contribution in [0.15, 0.2) is 12.2 Å². The number of hydrogen-bond acceptors (Lipinski definition) is 6. The fourth-order valence-electron chi connectivity index (χ4n) is 4.19. The quantitative estimate of drug-likeness (QED) is 0.296. The molecule has 0 aromatic heterocycles. The third-order valence-electron chi connectivity index (χ3n) is 5.93. The van der Waals surface area contributed by atoms with Crippen LogP contribution in [0, 0.1) is 11.8 Å². The summed E-state index contributed by atoms with van der Waals surface area (Å²) >= 11 is 0. The van der Waals surface area contributed by atoms with E-state index in [1.54, 1.807) is 18.9 Å². The molecule has 1 saturated carbocycles. The van der Waals surface area contributed by atoms with Crippen LogP contribution >= 0.6 is 0 Å². The third kappa shape index (κ3) is 7.92. The topological polar surface area (TPSA) is 94.2 Å². The van der Waals surface area contributed by atoms with Crippen molar-refractivity contribution in [2.24, 2.45) is 11.8 Å². The van der Waals surface area contributed by atoms with Gasteiger partial charge in [0.1, 0.15) is 12.8 Å². The fraction of sp³-hybridized carbons (Fsp3) is 0.783. The monoisotopic (exact) mass is 438 g/mol. The van der Waals surface area contributed by atoms with E-state index in [-0.39, 0.29) is 31.3 Å². The molecule has 0 spiro atoms. The maximum atomic E-state index is 13.2. The van der Waals surface area contributed by atoms with E-state index in [1.807, 2.05) is 13.0 Å². The maximum absolute atomic E-state index is 13.2. The van der Waals surface area contributed by atoms with Gasteiger partial charge >= 0.3 is 5.97 Å². The Morgan fingerprint density at radius 2 is 1.84 bits per heavy atom. The van der Waals surface area contributed by atoms with Crippen LogP contribution in [-0.2, 0) is 28.6 Å². The average Bonchev–Trinajstić information content (AvgIpc) is 3.17. The lowest BCUT2D eigenvalue weighted by atomic mass is 9.93. The molecule has 4 unspecified atom stereocenters. The molecule has 8 heteroatoms. The van der Waals surface area contributed by atoms with E-state index in [9.17, 15) is 14.4 Å². The van der Waals surface area contributed by atoms with Crippen LogP contribution in [0.25, 0.3) is 0 Å². The van der Waals surface area contributed by atoms with Crippen molar-refractivity contribution in [3.63, 3.8) is 0 Å². The molecular formula is C23H38N2O6. The van der Waals surface area contributed by atoms with Gasteiger partial charge < -0.3 is 24.4 Å². The van der Waals surface area contributed by atoms with E-state index >= 15 is 0 Å². The van der Waals surface area contributed by atoms with Crippen molar-refractivity contribution in [1.29, 1.82) is 0 Å². The molecule has 1 aliphatic carbocycles. The van der Waals surface area contributed by atoms with Gasteiger partial charge in [0.2, 0.25) is 11.8 Å². The van der Waals surface area contributed by atoms with Crippen molar-refractivity contribution in [3.05, 3.63) is 12.2 Å². The zero-order chi connectivity index (χ0) is 22.6. The molecule has 2 rings (SSSR count). The lowest BCUT2D eigenvalue weighted by molar-refractivity contribution is -0.148. The van der Waals surface area contributed by atoms with E-state index in [0.717, 1.165) is 19.3 Å². The van der Waals surface area contributed by atoms with Gasteiger partial charge in [-0.15, -0.1) is 0 Å². The zero-order valence-electron chi connectivity index (χ0n) is 19.1. The van der Waals surface area contributed by atoms with Crippen molar-refractivity contribution >= 4 is 17.8 Å². The molecule has 2 aliphatic rings. The summed E-state index contributed by atoms with van der Waals surface area (Å²) in [4.78, 5) is 40.5. The van der Waals surface area contributed by atoms with Crippen molar-refractivity contribution in [2.45, 2.75) is 70.9 Å². The van der Waals surface area contributed by atoms with Crippen molar-refractivity contribution < 1.29 is 28.6 Å². The molecule has 1 fully saturated rings. The molecule has 2 amide bonds. The lowest BCUT2D eigenvalue weighted by Gasteiger charge is -2.25. The Labute approximate surface area is 185 Å². The minimum Gasteiger partial charge on any atom is -0.464 e. The van der Waals surface area contributed by atoms with Gasteiger partial charge in [-0.05, 0) is 58.8 Å². The SMILES string of the molecule is CCOCOC1CC2C(=O)NC(C(=O)OCC)CCC=CCCCCN(C)C(=O)C2C1. The second-order valence-corrected chi connectivity index (χ2v) is 8.20. The Morgan fingerprint density at radius 1 is 1.10 bits per heavy atom. The highest BCUT2D eigenvalue weighted by atomic mass is 16.7. The molecule has 4 atom stereocenters. The number of esters is 1. The molecule has 8 nitrogen and oxygen atoms in total. The first-order valence-electron chi connectivity index (χ1n) is 11.5. The number of amides is 2. The molecule has 0 aromatic carbocycles. The third-order valence-corrected chi connectivity index (χ3v) is 5.93. The van der Waals surface area contributed by atoms with Crippen LogP contribution in [0.2, 0.25) is 0 Å². The first kappa shape index (κ1) is 25.3. The Morgan fingerprint density at radius 3 is 2.58 bits per heavy atom. The standard InChI is InChI=1S/C23H38N2O6/c1-4-29-16-31-17-14-18-19(15-17)22(27)25(3)13-11-9-7-6-8-10-12-20(24-21(18)26)23(28)30-5-2/h6,8,17-20H,4-5,7,9-16H2,1-3H3,(H,24,26). The van der Waals surface area contributed by atoms with Crippen molar-refractivity contribution in [2.75, 3.05) is 33.6 Å². The summed E-state index contributed by atoms with van der Waals surface area (Å²) in [5.74, 6) is -1.77. The molecular weight excluding hydrogens is 400 g/mol. The first-order valence-corrected chi connectivity index (χ1v) is 11.5. The first-order chi connectivity index (χ1) is 15.0. The van der Waals surface area contributed by atoms with Gasteiger partial charge in [0.05, 0.1) is 24.5 Å². The van der Waals surface area contributed by atoms with E-state index in [2.05, 4.69) is 11.4 Å². The second-order valence-electron chi connectivity index (χ2n) is 8.20. The molecule has 176 valence electrons. The van der Waals surface area contributed by atoms with Crippen molar-refractivity contribution in [1.82, 2.24) is 10.2 Å². The molecule has 0 saturated heterocycles. The van der Waals surface area contributed by atoms with Crippen LogP contribution in [-0.4, -0.2) is 68.4 Å².